The van der Waals surface area contributed by atoms with Crippen LogP contribution in [0.4, 0.5) is 0 Å². The number of hydrogen-bond acceptors (Lipinski definition) is 6. The molecule has 0 aliphatic carbocycles. The Labute approximate surface area is 435 Å². The maximum Gasteiger partial charge on any atom is 0.472 e. The van der Waals surface area contributed by atoms with Gasteiger partial charge >= 0.3 is 7.82 Å². The van der Waals surface area contributed by atoms with E-state index in [1.807, 2.05) is 21.1 Å². The van der Waals surface area contributed by atoms with E-state index in [9.17, 15) is 24.5 Å². The molecule has 4 unspecified atom stereocenters. The molecule has 4 N–H and O–H groups in total. The van der Waals surface area contributed by atoms with Crippen molar-refractivity contribution >= 4 is 13.7 Å². The number of carbonyl (C=O) groups is 1. The zero-order valence-electron chi connectivity index (χ0n) is 47.4. The summed E-state index contributed by atoms with van der Waals surface area (Å²) in [7, 11) is 1.43. The van der Waals surface area contributed by atoms with Gasteiger partial charge in [-0.05, 0) is 38.5 Å². The average Bonchev–Trinajstić information content (AvgIpc) is 3.32. The molecule has 9 nitrogen and oxygen atoms in total. The molecule has 0 bridgehead atoms. The molecular weight excluding hydrogens is 892 g/mol. The number of allylic oxidation sites excluding steroid dienone is 2. The maximum atomic E-state index is 13.0. The molecule has 0 heterocycles. The van der Waals surface area contributed by atoms with Crippen LogP contribution < -0.4 is 5.32 Å². The minimum atomic E-state index is -4.42. The maximum absolute atomic E-state index is 13.0. The lowest BCUT2D eigenvalue weighted by Crippen LogP contribution is -2.51. The van der Waals surface area contributed by atoms with Crippen LogP contribution in [0.5, 0.6) is 0 Å². The Kier molecular flexibility index (Phi) is 51.1. The molecule has 0 aromatic rings. The lowest BCUT2D eigenvalue weighted by molar-refractivity contribution is -0.870. The largest absolute Gasteiger partial charge is 0.472 e. The number of aliphatic hydroxyl groups is 2. The molecule has 418 valence electrons. The second kappa shape index (κ2) is 51.7. The van der Waals surface area contributed by atoms with E-state index in [-0.39, 0.29) is 12.5 Å². The number of hydrogen-bond donors (Lipinski definition) is 4. The molecule has 0 aliphatic rings. The molecule has 10 heteroatoms. The lowest BCUT2D eigenvalue weighted by atomic mass is 10.0. The lowest BCUT2D eigenvalue weighted by Gasteiger charge is -2.28. The molecule has 1 amide bonds. The van der Waals surface area contributed by atoms with Crippen LogP contribution in [0.1, 0.15) is 309 Å². The topological polar surface area (TPSA) is 125 Å². The van der Waals surface area contributed by atoms with Gasteiger partial charge in [-0.15, -0.1) is 0 Å². The number of phosphoric acid groups is 1. The number of nitrogens with one attached hydrogen (secondary N) is 1. The van der Waals surface area contributed by atoms with Gasteiger partial charge < -0.3 is 24.9 Å². The zero-order chi connectivity index (χ0) is 51.5. The standard InChI is InChI=1S/C60H121N2O7P/c1-6-8-10-12-14-16-18-20-21-22-23-24-25-26-27-28-29-30-31-32-33-34-35-36-37-38-39-40-41-43-45-47-49-51-53-59(64)61-57(56-69-70(66,67)68-55-54-62(3,4)5)60(65)58(63)52-50-48-46-44-42-19-17-15-13-11-9-7-2/h44,46,57-58,60,63,65H,6-43,45,47-56H2,1-5H3,(H-,61,64,66,67)/p+1/b46-44+. The molecule has 0 aromatic heterocycles. The van der Waals surface area contributed by atoms with Crippen LogP contribution in [-0.2, 0) is 18.4 Å². The summed E-state index contributed by atoms with van der Waals surface area (Å²) in [6, 6.07) is -1.05. The molecule has 0 aromatic carbocycles. The van der Waals surface area contributed by atoms with Crippen molar-refractivity contribution in [3.8, 4) is 0 Å². The second-order valence-corrected chi connectivity index (χ2v) is 24.0. The number of phosphoric ester groups is 1. The first-order valence-electron chi connectivity index (χ1n) is 30.6. The van der Waals surface area contributed by atoms with E-state index < -0.39 is 32.7 Å². The summed E-state index contributed by atoms with van der Waals surface area (Å²) >= 11 is 0. The number of likely N-dealkylation sites (N-methyl/N-ethyl adjacent to an activating group) is 1. The molecule has 0 radical (unpaired) electrons. The van der Waals surface area contributed by atoms with E-state index in [1.54, 1.807) is 0 Å². The Bertz CT molecular complexity index is 1170. The zero-order valence-corrected chi connectivity index (χ0v) is 48.3. The molecule has 0 saturated carbocycles. The third kappa shape index (κ3) is 52.1. The van der Waals surface area contributed by atoms with E-state index in [1.165, 1.54) is 244 Å². The molecule has 70 heavy (non-hydrogen) atoms. The second-order valence-electron chi connectivity index (χ2n) is 22.6. The summed E-state index contributed by atoms with van der Waals surface area (Å²) in [6.07, 6.45) is 60.5. The molecule has 0 rings (SSSR count). The van der Waals surface area contributed by atoms with E-state index >= 15 is 0 Å². The van der Waals surface area contributed by atoms with E-state index in [0.29, 0.717) is 30.3 Å². The van der Waals surface area contributed by atoms with Crippen LogP contribution in [-0.4, -0.2) is 84.6 Å². The van der Waals surface area contributed by atoms with Crippen molar-refractivity contribution in [2.75, 3.05) is 40.9 Å². The first-order valence-corrected chi connectivity index (χ1v) is 32.1. The average molecular weight is 1010 g/mol. The number of quaternary nitrogens is 1. The minimum Gasteiger partial charge on any atom is -0.390 e. The van der Waals surface area contributed by atoms with Crippen LogP contribution in [0.3, 0.4) is 0 Å². The van der Waals surface area contributed by atoms with Gasteiger partial charge in [0.2, 0.25) is 5.91 Å². The summed E-state index contributed by atoms with van der Waals surface area (Å²) in [6.45, 7) is 4.62. The highest BCUT2D eigenvalue weighted by Gasteiger charge is 2.32. The summed E-state index contributed by atoms with van der Waals surface area (Å²) in [5.41, 5.74) is 0. The van der Waals surface area contributed by atoms with E-state index in [2.05, 4.69) is 31.3 Å². The highest BCUT2D eigenvalue weighted by atomic mass is 31.2. The van der Waals surface area contributed by atoms with E-state index in [4.69, 9.17) is 9.05 Å². The SMILES string of the molecule is CCCCCCCCC/C=C/CCCC(O)C(O)C(COP(=O)(O)OCC[N+](C)(C)C)NC(=O)CCCCCCCCCCCCCCCCCCCCCCCCCCCCCCCCCCCC. The fourth-order valence-corrected chi connectivity index (χ4v) is 10.2. The van der Waals surface area contributed by atoms with Crippen LogP contribution in [0.15, 0.2) is 12.2 Å². The Balaban J connectivity index is 3.99. The van der Waals surface area contributed by atoms with Crippen LogP contribution >= 0.6 is 7.82 Å². The van der Waals surface area contributed by atoms with Gasteiger partial charge in [0.25, 0.3) is 0 Å². The van der Waals surface area contributed by atoms with Crippen molar-refractivity contribution in [2.45, 2.75) is 327 Å². The third-order valence-corrected chi connectivity index (χ3v) is 15.3. The van der Waals surface area contributed by atoms with Crippen molar-refractivity contribution in [3.05, 3.63) is 12.2 Å². The van der Waals surface area contributed by atoms with Crippen molar-refractivity contribution in [1.29, 1.82) is 0 Å². The molecule has 0 saturated heterocycles. The normalized spacial score (nSPS) is 14.3. The first kappa shape index (κ1) is 69.2. The minimum absolute atomic E-state index is 0.0195. The van der Waals surface area contributed by atoms with Gasteiger partial charge in [0, 0.05) is 6.42 Å². The van der Waals surface area contributed by atoms with Gasteiger partial charge in [-0.2, -0.15) is 0 Å². The number of unbranched alkanes of at least 4 members (excludes halogenated alkanes) is 41. The molecule has 0 fully saturated rings. The van der Waals surface area contributed by atoms with Gasteiger partial charge in [0.05, 0.1) is 39.9 Å². The Morgan fingerprint density at radius 2 is 0.800 bits per heavy atom. The summed E-state index contributed by atoms with van der Waals surface area (Å²) in [5, 5.41) is 24.8. The van der Waals surface area contributed by atoms with Crippen molar-refractivity contribution in [1.82, 2.24) is 5.32 Å². The van der Waals surface area contributed by atoms with Gasteiger partial charge in [-0.3, -0.25) is 13.8 Å². The Morgan fingerprint density at radius 1 is 0.486 bits per heavy atom. The first-order chi connectivity index (χ1) is 33.9. The van der Waals surface area contributed by atoms with Crippen LogP contribution in [0.2, 0.25) is 0 Å². The number of rotatable bonds is 57. The third-order valence-electron chi connectivity index (χ3n) is 14.4. The van der Waals surface area contributed by atoms with Crippen LogP contribution in [0, 0.1) is 0 Å². The fourth-order valence-electron chi connectivity index (χ4n) is 9.50. The quantitative estimate of drug-likeness (QED) is 0.0207. The number of amides is 1. The highest BCUT2D eigenvalue weighted by molar-refractivity contribution is 7.47. The predicted octanol–water partition coefficient (Wildman–Crippen LogP) is 17.6. The van der Waals surface area contributed by atoms with Gasteiger partial charge in [0.1, 0.15) is 19.3 Å². The Morgan fingerprint density at radius 3 is 1.14 bits per heavy atom. The van der Waals surface area contributed by atoms with Crippen LogP contribution in [0.25, 0.3) is 0 Å². The summed E-state index contributed by atoms with van der Waals surface area (Å²) < 4.78 is 23.6. The summed E-state index contributed by atoms with van der Waals surface area (Å²) in [4.78, 5) is 23.3. The number of nitrogens with zero attached hydrogens (tertiary/aromatic N) is 1. The molecule has 4 atom stereocenters. The van der Waals surface area contributed by atoms with Crippen molar-refractivity contribution in [3.63, 3.8) is 0 Å². The number of aliphatic hydroxyl groups excluding tert-OH is 2. The Hall–Kier alpha value is -0.800. The van der Waals surface area contributed by atoms with Gasteiger partial charge in [0.15, 0.2) is 0 Å². The van der Waals surface area contributed by atoms with Crippen molar-refractivity contribution < 1.29 is 38.0 Å². The highest BCUT2D eigenvalue weighted by Crippen LogP contribution is 2.43. The summed E-state index contributed by atoms with van der Waals surface area (Å²) in [5.74, 6) is -0.261. The van der Waals surface area contributed by atoms with Gasteiger partial charge in [-0.25, -0.2) is 4.57 Å². The molecular formula is C60H122N2O7P+. The van der Waals surface area contributed by atoms with Crippen molar-refractivity contribution in [2.24, 2.45) is 0 Å². The molecule has 0 spiro atoms. The van der Waals surface area contributed by atoms with E-state index in [0.717, 1.165) is 32.1 Å². The predicted molar refractivity (Wildman–Crippen MR) is 301 cm³/mol. The fraction of sp³-hybridized carbons (Fsp3) is 0.950. The smallest absolute Gasteiger partial charge is 0.390 e. The van der Waals surface area contributed by atoms with Gasteiger partial charge in [-0.1, -0.05) is 276 Å². The molecule has 0 aliphatic heterocycles. The monoisotopic (exact) mass is 1010 g/mol. The number of carbonyl (C=O) groups excluding carboxylic acids is 1.